The lowest BCUT2D eigenvalue weighted by Crippen LogP contribution is -2.44. The van der Waals surface area contributed by atoms with Gasteiger partial charge in [-0.25, -0.2) is 0 Å². The van der Waals surface area contributed by atoms with Crippen LogP contribution in [0.2, 0.25) is 0 Å². The number of rotatable bonds is 13. The molecule has 0 unspecified atom stereocenters. The van der Waals surface area contributed by atoms with Gasteiger partial charge < -0.3 is 23.1 Å². The summed E-state index contributed by atoms with van der Waals surface area (Å²) in [5.41, 5.74) is 1.58. The maximum absolute atomic E-state index is 11.7. The van der Waals surface area contributed by atoms with Gasteiger partial charge in [0.15, 0.2) is 0 Å². The first-order valence-electron chi connectivity index (χ1n) is 7.89. The van der Waals surface area contributed by atoms with Crippen molar-refractivity contribution >= 4 is 20.6 Å². The van der Waals surface area contributed by atoms with Crippen LogP contribution in [-0.4, -0.2) is 58.2 Å². The van der Waals surface area contributed by atoms with Gasteiger partial charge in [0.2, 0.25) is 0 Å². The Bertz CT molecular complexity index is 367. The van der Waals surface area contributed by atoms with Crippen LogP contribution < -0.4 is 0 Å². The van der Waals surface area contributed by atoms with Crippen molar-refractivity contribution in [2.24, 2.45) is 0 Å². The summed E-state index contributed by atoms with van der Waals surface area (Å²) in [5, 5.41) is 9.93. The SMILES string of the molecule is CCOC(=O)CC(=O)C[C@@H](O)/C=C/[Si](OCC)(OCC)OCC. The Morgan fingerprint density at radius 1 is 1.00 bits per heavy atom. The molecule has 0 rings (SSSR count). The molecule has 0 spiro atoms. The first kappa shape index (κ1) is 21.9. The molecule has 0 radical (unpaired) electrons. The van der Waals surface area contributed by atoms with Crippen molar-refractivity contribution in [2.45, 2.75) is 46.6 Å². The number of aliphatic hydroxyl groups excluding tert-OH is 1. The molecule has 0 fully saturated rings. The molecule has 0 aromatic heterocycles. The van der Waals surface area contributed by atoms with E-state index in [1.165, 1.54) is 6.08 Å². The van der Waals surface area contributed by atoms with Gasteiger partial charge in [-0.15, -0.1) is 0 Å². The molecule has 7 nitrogen and oxygen atoms in total. The van der Waals surface area contributed by atoms with Gasteiger partial charge in [-0.3, -0.25) is 9.59 Å². The second-order valence-electron chi connectivity index (χ2n) is 4.55. The van der Waals surface area contributed by atoms with Crippen LogP contribution in [0.15, 0.2) is 11.8 Å². The van der Waals surface area contributed by atoms with E-state index in [1.54, 1.807) is 12.6 Å². The van der Waals surface area contributed by atoms with Crippen molar-refractivity contribution in [1.82, 2.24) is 0 Å². The maximum atomic E-state index is 11.7. The lowest BCUT2D eigenvalue weighted by atomic mass is 10.1. The number of carbonyl (C=O) groups is 2. The Kier molecular flexibility index (Phi) is 11.8. The van der Waals surface area contributed by atoms with Crippen LogP contribution in [0.3, 0.4) is 0 Å². The number of hydrogen-bond donors (Lipinski definition) is 1. The highest BCUT2D eigenvalue weighted by Gasteiger charge is 2.37. The minimum absolute atomic E-state index is 0.176. The average Bonchev–Trinajstić information content (AvgIpc) is 2.46. The predicted octanol–water partition coefficient (Wildman–Crippen LogP) is 1.40. The molecule has 0 saturated heterocycles. The van der Waals surface area contributed by atoms with E-state index in [0.29, 0.717) is 19.8 Å². The fraction of sp³-hybridized carbons (Fsp3) is 0.733. The topological polar surface area (TPSA) is 91.3 Å². The number of aliphatic hydroxyl groups is 1. The molecule has 0 aromatic rings. The Hall–Kier alpha value is -1.06. The molecule has 0 aliphatic carbocycles. The second kappa shape index (κ2) is 12.4. The van der Waals surface area contributed by atoms with Gasteiger partial charge in [0.05, 0.1) is 12.7 Å². The molecule has 23 heavy (non-hydrogen) atoms. The summed E-state index contributed by atoms with van der Waals surface area (Å²) in [6, 6.07) is 0. The van der Waals surface area contributed by atoms with Crippen molar-refractivity contribution in [3.8, 4) is 0 Å². The zero-order valence-corrected chi connectivity index (χ0v) is 15.4. The standard InChI is InChI=1S/C15H28O7Si/c1-5-19-15(18)12-14(17)11-13(16)9-10-23(20-6-2,21-7-3)22-8-4/h9-10,13,16H,5-8,11-12H2,1-4H3/b10-9+/t13-/m0/s1. The van der Waals surface area contributed by atoms with Crippen molar-refractivity contribution in [1.29, 1.82) is 0 Å². The summed E-state index contributed by atoms with van der Waals surface area (Å²) in [6.07, 6.45) is -0.130. The minimum Gasteiger partial charge on any atom is -0.466 e. The Morgan fingerprint density at radius 2 is 1.52 bits per heavy atom. The number of hydrogen-bond acceptors (Lipinski definition) is 7. The Balaban J connectivity index is 4.67. The Labute approximate surface area is 138 Å². The van der Waals surface area contributed by atoms with Crippen LogP contribution in [0.5, 0.6) is 0 Å². The van der Waals surface area contributed by atoms with Gasteiger partial charge in [0, 0.05) is 26.2 Å². The van der Waals surface area contributed by atoms with E-state index in [2.05, 4.69) is 0 Å². The molecule has 0 amide bonds. The number of carbonyl (C=O) groups excluding carboxylic acids is 2. The molecule has 8 heteroatoms. The molecule has 0 aliphatic rings. The van der Waals surface area contributed by atoms with Gasteiger partial charge in [-0.2, -0.15) is 0 Å². The van der Waals surface area contributed by atoms with Crippen molar-refractivity contribution in [3.05, 3.63) is 11.8 Å². The van der Waals surface area contributed by atoms with E-state index >= 15 is 0 Å². The van der Waals surface area contributed by atoms with Crippen molar-refractivity contribution in [2.75, 3.05) is 26.4 Å². The zero-order chi connectivity index (χ0) is 17.7. The number of ether oxygens (including phenoxy) is 1. The third-order valence-corrected chi connectivity index (χ3v) is 5.32. The molecule has 0 saturated carbocycles. The van der Waals surface area contributed by atoms with E-state index in [4.69, 9.17) is 18.0 Å². The highest BCUT2D eigenvalue weighted by Crippen LogP contribution is 2.13. The van der Waals surface area contributed by atoms with Gasteiger partial charge in [0.1, 0.15) is 12.2 Å². The summed E-state index contributed by atoms with van der Waals surface area (Å²) in [5.74, 6) is -0.979. The summed E-state index contributed by atoms with van der Waals surface area (Å²) in [7, 11) is -3.00. The third kappa shape index (κ3) is 9.62. The smallest absolute Gasteiger partial charge is 0.466 e. The number of esters is 1. The molecule has 1 atom stereocenters. The van der Waals surface area contributed by atoms with E-state index in [9.17, 15) is 14.7 Å². The molecular weight excluding hydrogens is 320 g/mol. The fourth-order valence-corrected chi connectivity index (χ4v) is 4.05. The first-order valence-corrected chi connectivity index (χ1v) is 9.69. The van der Waals surface area contributed by atoms with Crippen LogP contribution in [0.1, 0.15) is 40.5 Å². The van der Waals surface area contributed by atoms with E-state index in [1.807, 2.05) is 20.8 Å². The zero-order valence-electron chi connectivity index (χ0n) is 14.4. The lowest BCUT2D eigenvalue weighted by molar-refractivity contribution is -0.145. The van der Waals surface area contributed by atoms with Gasteiger partial charge in [-0.05, 0) is 33.4 Å². The van der Waals surface area contributed by atoms with Gasteiger partial charge in [0.25, 0.3) is 0 Å². The van der Waals surface area contributed by atoms with Crippen LogP contribution in [-0.2, 0) is 27.6 Å². The molecule has 0 aliphatic heterocycles. The van der Waals surface area contributed by atoms with Gasteiger partial charge in [-0.1, -0.05) is 6.08 Å². The number of ketones is 1. The normalized spacial score (nSPS) is 13.3. The highest BCUT2D eigenvalue weighted by atomic mass is 28.4. The third-order valence-electron chi connectivity index (χ3n) is 2.64. The van der Waals surface area contributed by atoms with E-state index in [0.717, 1.165) is 0 Å². The van der Waals surface area contributed by atoms with Crippen molar-refractivity contribution < 1.29 is 32.7 Å². The minimum atomic E-state index is -3.00. The fourth-order valence-electron chi connectivity index (χ4n) is 1.85. The summed E-state index contributed by atoms with van der Waals surface area (Å²) in [4.78, 5) is 22.9. The number of Topliss-reactive ketones (excluding diaryl/α,β-unsaturated/α-hetero) is 1. The van der Waals surface area contributed by atoms with Crippen LogP contribution in [0, 0.1) is 0 Å². The molecule has 0 bridgehead atoms. The molecule has 0 heterocycles. The van der Waals surface area contributed by atoms with E-state index in [-0.39, 0.29) is 19.4 Å². The molecule has 134 valence electrons. The van der Waals surface area contributed by atoms with E-state index < -0.39 is 26.7 Å². The summed E-state index contributed by atoms with van der Waals surface area (Å²) in [6.45, 7) is 8.60. The molecule has 1 N–H and O–H groups in total. The van der Waals surface area contributed by atoms with Crippen LogP contribution in [0.4, 0.5) is 0 Å². The highest BCUT2D eigenvalue weighted by molar-refractivity contribution is 6.66. The monoisotopic (exact) mass is 348 g/mol. The van der Waals surface area contributed by atoms with Gasteiger partial charge >= 0.3 is 14.8 Å². The van der Waals surface area contributed by atoms with Crippen LogP contribution in [0.25, 0.3) is 0 Å². The average molecular weight is 348 g/mol. The lowest BCUT2D eigenvalue weighted by Gasteiger charge is -2.25. The quantitative estimate of drug-likeness (QED) is 0.306. The largest absolute Gasteiger partial charge is 0.529 e. The Morgan fingerprint density at radius 3 is 1.96 bits per heavy atom. The first-order chi connectivity index (χ1) is 10.9. The summed E-state index contributed by atoms with van der Waals surface area (Å²) < 4.78 is 21.5. The summed E-state index contributed by atoms with van der Waals surface area (Å²) >= 11 is 0. The molecule has 0 aromatic carbocycles. The molecular formula is C15H28O7Si. The maximum Gasteiger partial charge on any atom is 0.529 e. The predicted molar refractivity (Wildman–Crippen MR) is 86.7 cm³/mol. The second-order valence-corrected chi connectivity index (χ2v) is 6.96. The van der Waals surface area contributed by atoms with Crippen LogP contribution >= 0.6 is 0 Å². The van der Waals surface area contributed by atoms with Crippen molar-refractivity contribution in [3.63, 3.8) is 0 Å².